The number of aliphatic hydroxyl groups excluding tert-OH is 1. The molecule has 0 saturated carbocycles. The number of ether oxygens (including phenoxy) is 1. The average molecular weight is 708 g/mol. The van der Waals surface area contributed by atoms with E-state index in [0.717, 1.165) is 51.2 Å². The number of unbranched alkanes of at least 4 members (excludes halogenated alkanes) is 23. The van der Waals surface area contributed by atoms with Crippen molar-refractivity contribution in [3.05, 3.63) is 0 Å². The Hall–Kier alpha value is -0.610. The Morgan fingerprint density at radius 1 is 0.440 bits per heavy atom. The molecule has 4 heteroatoms. The van der Waals surface area contributed by atoms with E-state index in [1.165, 1.54) is 193 Å². The molecule has 0 saturated heterocycles. The molecule has 0 aromatic heterocycles. The minimum atomic E-state index is 0.0369. The van der Waals surface area contributed by atoms with Gasteiger partial charge in [0, 0.05) is 13.0 Å². The van der Waals surface area contributed by atoms with E-state index in [9.17, 15) is 9.90 Å². The molecular formula is C46H93NO3. The number of hydrogen-bond acceptors (Lipinski definition) is 4. The molecule has 0 heterocycles. The molecule has 300 valence electrons. The summed E-state index contributed by atoms with van der Waals surface area (Å²) in [6.45, 7) is 12.5. The van der Waals surface area contributed by atoms with Crippen molar-refractivity contribution < 1.29 is 14.6 Å². The number of carbonyl (C=O) groups excluding carboxylic acids is 1. The molecule has 0 spiro atoms. The van der Waals surface area contributed by atoms with Crippen molar-refractivity contribution >= 4 is 5.97 Å². The summed E-state index contributed by atoms with van der Waals surface area (Å²) in [5.74, 6) is 1.02. The van der Waals surface area contributed by atoms with Crippen molar-refractivity contribution in [2.45, 2.75) is 259 Å². The van der Waals surface area contributed by atoms with Gasteiger partial charge >= 0.3 is 5.97 Å². The van der Waals surface area contributed by atoms with Gasteiger partial charge in [0.05, 0.1) is 6.61 Å². The smallest absolute Gasteiger partial charge is 0.306 e. The van der Waals surface area contributed by atoms with E-state index in [1.54, 1.807) is 0 Å². The van der Waals surface area contributed by atoms with E-state index in [-0.39, 0.29) is 18.7 Å². The van der Waals surface area contributed by atoms with Gasteiger partial charge in [-0.2, -0.15) is 0 Å². The molecule has 1 N–H and O–H groups in total. The second-order valence-electron chi connectivity index (χ2n) is 16.1. The lowest BCUT2D eigenvalue weighted by Crippen LogP contribution is -2.29. The molecule has 0 aromatic carbocycles. The highest BCUT2D eigenvalue weighted by molar-refractivity contribution is 5.69. The summed E-state index contributed by atoms with van der Waals surface area (Å²) in [4.78, 5) is 15.2. The molecule has 0 aromatic rings. The van der Waals surface area contributed by atoms with Crippen LogP contribution >= 0.6 is 0 Å². The summed E-state index contributed by atoms with van der Waals surface area (Å²) >= 11 is 0. The van der Waals surface area contributed by atoms with Crippen LogP contribution in [0.15, 0.2) is 0 Å². The first-order chi connectivity index (χ1) is 24.6. The van der Waals surface area contributed by atoms with E-state index in [2.05, 4.69) is 32.6 Å². The normalized spacial score (nSPS) is 12.4. The van der Waals surface area contributed by atoms with Crippen LogP contribution in [0.5, 0.6) is 0 Å². The van der Waals surface area contributed by atoms with Crippen molar-refractivity contribution in [2.24, 2.45) is 5.92 Å². The van der Waals surface area contributed by atoms with Gasteiger partial charge in [0.2, 0.25) is 0 Å². The van der Waals surface area contributed by atoms with Gasteiger partial charge in [-0.15, -0.1) is 0 Å². The van der Waals surface area contributed by atoms with Crippen LogP contribution in [0.4, 0.5) is 0 Å². The van der Waals surface area contributed by atoms with Crippen LogP contribution in [0.1, 0.15) is 252 Å². The third kappa shape index (κ3) is 35.8. The van der Waals surface area contributed by atoms with Gasteiger partial charge in [-0.1, -0.05) is 201 Å². The van der Waals surface area contributed by atoms with Crippen molar-refractivity contribution in [1.82, 2.24) is 4.90 Å². The lowest BCUT2D eigenvalue weighted by atomic mass is 9.91. The molecule has 1 atom stereocenters. The molecule has 0 aliphatic heterocycles. The number of carbonyl (C=O) groups is 1. The van der Waals surface area contributed by atoms with Crippen LogP contribution in [-0.4, -0.2) is 48.3 Å². The summed E-state index contributed by atoms with van der Waals surface area (Å²) in [6, 6.07) is 0. The number of nitrogens with zero attached hydrogens (tertiary/aromatic N) is 1. The predicted octanol–water partition coefficient (Wildman–Crippen LogP) is 14.5. The molecule has 0 bridgehead atoms. The quantitative estimate of drug-likeness (QED) is 0.0507. The van der Waals surface area contributed by atoms with Crippen molar-refractivity contribution in [2.75, 3.05) is 26.2 Å². The fourth-order valence-corrected chi connectivity index (χ4v) is 7.78. The van der Waals surface area contributed by atoms with Gasteiger partial charge < -0.3 is 14.7 Å². The van der Waals surface area contributed by atoms with Gasteiger partial charge in [-0.3, -0.25) is 4.79 Å². The van der Waals surface area contributed by atoms with Crippen molar-refractivity contribution in [3.8, 4) is 0 Å². The summed E-state index contributed by atoms with van der Waals surface area (Å²) in [6.07, 6.45) is 45.0. The number of rotatable bonds is 42. The van der Waals surface area contributed by atoms with E-state index in [0.29, 0.717) is 6.42 Å². The highest BCUT2D eigenvalue weighted by Gasteiger charge is 2.14. The maximum atomic E-state index is 12.7. The standard InChI is InChI=1S/C46H93NO3/c1-5-9-12-15-22-29-37-45(38-30-23-16-13-10-6-2)50-46(49)39-31-24-20-26-33-41-47(42-43-48)40-32-25-19-17-18-21-28-36-44(34-8-4)35-27-14-11-7-3/h44-45,48H,5-43H2,1-4H3. The average Bonchev–Trinajstić information content (AvgIpc) is 3.11. The zero-order valence-electron chi connectivity index (χ0n) is 34.9. The fourth-order valence-electron chi connectivity index (χ4n) is 7.78. The Kier molecular flexibility index (Phi) is 40.6. The third-order valence-corrected chi connectivity index (χ3v) is 11.1. The number of esters is 1. The first-order valence-corrected chi connectivity index (χ1v) is 23.1. The van der Waals surface area contributed by atoms with Gasteiger partial charge in [0.25, 0.3) is 0 Å². The van der Waals surface area contributed by atoms with E-state index in [4.69, 9.17) is 4.74 Å². The summed E-state index contributed by atoms with van der Waals surface area (Å²) in [5.41, 5.74) is 0. The Morgan fingerprint density at radius 2 is 0.820 bits per heavy atom. The van der Waals surface area contributed by atoms with Crippen LogP contribution in [0.3, 0.4) is 0 Å². The molecule has 4 nitrogen and oxygen atoms in total. The van der Waals surface area contributed by atoms with Gasteiger partial charge in [-0.05, 0) is 64.0 Å². The molecule has 1 unspecified atom stereocenters. The molecule has 0 fully saturated rings. The summed E-state index contributed by atoms with van der Waals surface area (Å²) < 4.78 is 6.04. The first-order valence-electron chi connectivity index (χ1n) is 23.1. The van der Waals surface area contributed by atoms with Gasteiger partial charge in [0.1, 0.15) is 6.10 Å². The zero-order chi connectivity index (χ0) is 36.6. The topological polar surface area (TPSA) is 49.8 Å². The SMILES string of the molecule is CCCCCCCCC(CCCCCCCC)OC(=O)CCCCCCCN(CCO)CCCCCCCCCC(CCC)CCCCCC. The highest BCUT2D eigenvalue weighted by atomic mass is 16.5. The molecule has 0 aliphatic carbocycles. The third-order valence-electron chi connectivity index (χ3n) is 11.1. The van der Waals surface area contributed by atoms with E-state index < -0.39 is 0 Å². The van der Waals surface area contributed by atoms with Gasteiger partial charge in [0.15, 0.2) is 0 Å². The Labute approximate surface area is 315 Å². The summed E-state index contributed by atoms with van der Waals surface area (Å²) in [7, 11) is 0. The second kappa shape index (κ2) is 41.2. The Bertz CT molecular complexity index is 639. The van der Waals surface area contributed by atoms with Crippen molar-refractivity contribution in [1.29, 1.82) is 0 Å². The molecule has 0 rings (SSSR count). The number of hydrogen-bond donors (Lipinski definition) is 1. The fraction of sp³-hybridized carbons (Fsp3) is 0.978. The molecule has 0 radical (unpaired) electrons. The van der Waals surface area contributed by atoms with Crippen molar-refractivity contribution in [3.63, 3.8) is 0 Å². The largest absolute Gasteiger partial charge is 0.462 e. The minimum absolute atomic E-state index is 0.0369. The highest BCUT2D eigenvalue weighted by Crippen LogP contribution is 2.23. The second-order valence-corrected chi connectivity index (χ2v) is 16.1. The monoisotopic (exact) mass is 708 g/mol. The van der Waals surface area contributed by atoms with Crippen LogP contribution in [0.2, 0.25) is 0 Å². The molecule has 50 heavy (non-hydrogen) atoms. The van der Waals surface area contributed by atoms with Gasteiger partial charge in [-0.25, -0.2) is 0 Å². The van der Waals surface area contributed by atoms with Crippen LogP contribution in [0.25, 0.3) is 0 Å². The van der Waals surface area contributed by atoms with Crippen LogP contribution < -0.4 is 0 Å². The minimum Gasteiger partial charge on any atom is -0.462 e. The summed E-state index contributed by atoms with van der Waals surface area (Å²) in [5, 5.41) is 9.59. The maximum Gasteiger partial charge on any atom is 0.306 e. The first kappa shape index (κ1) is 49.4. The maximum absolute atomic E-state index is 12.7. The Balaban J connectivity index is 4.01. The molecule has 0 amide bonds. The van der Waals surface area contributed by atoms with E-state index in [1.807, 2.05) is 0 Å². The number of aliphatic hydroxyl groups is 1. The van der Waals surface area contributed by atoms with Crippen LogP contribution in [-0.2, 0) is 9.53 Å². The molecule has 0 aliphatic rings. The predicted molar refractivity (Wildman–Crippen MR) is 221 cm³/mol. The molecular weight excluding hydrogens is 615 g/mol. The Morgan fingerprint density at radius 3 is 1.26 bits per heavy atom. The van der Waals surface area contributed by atoms with Crippen LogP contribution in [0, 0.1) is 5.92 Å². The lowest BCUT2D eigenvalue weighted by molar-refractivity contribution is -0.150. The van der Waals surface area contributed by atoms with E-state index >= 15 is 0 Å². The lowest BCUT2D eigenvalue weighted by Gasteiger charge is -2.21. The zero-order valence-corrected chi connectivity index (χ0v) is 34.9.